The molecule has 5 nitrogen and oxygen atoms in total. The highest BCUT2D eigenvalue weighted by Crippen LogP contribution is 2.38. The van der Waals surface area contributed by atoms with E-state index in [1.165, 1.54) is 32.9 Å². The molecule has 51 heavy (non-hydrogen) atoms. The van der Waals surface area contributed by atoms with E-state index >= 15 is 0 Å². The number of rotatable bonds is 7. The minimum atomic E-state index is 0.805. The summed E-state index contributed by atoms with van der Waals surface area (Å²) in [5, 5.41) is 12.0. The Kier molecular flexibility index (Phi) is 7.51. The molecule has 0 spiro atoms. The monoisotopic (exact) mass is 657 g/mol. The van der Waals surface area contributed by atoms with E-state index < -0.39 is 0 Å². The molecular formula is C46H35N5. The normalized spacial score (nSPS) is 11.3. The van der Waals surface area contributed by atoms with Gasteiger partial charge in [0.15, 0.2) is 11.6 Å². The zero-order valence-electron chi connectivity index (χ0n) is 28.5. The highest BCUT2D eigenvalue weighted by atomic mass is 15.3. The molecule has 0 N–H and O–H groups in total. The smallest absolute Gasteiger partial charge is 0.168 e. The second-order valence-corrected chi connectivity index (χ2v) is 12.9. The van der Waals surface area contributed by atoms with Crippen LogP contribution >= 0.6 is 0 Å². The van der Waals surface area contributed by atoms with Crippen LogP contribution in [0.5, 0.6) is 0 Å². The maximum atomic E-state index is 4.79. The van der Waals surface area contributed by atoms with Crippen molar-refractivity contribution in [2.24, 2.45) is 0 Å². The highest BCUT2D eigenvalue weighted by molar-refractivity contribution is 6.09. The van der Waals surface area contributed by atoms with Gasteiger partial charge in [-0.3, -0.25) is 4.57 Å². The summed E-state index contributed by atoms with van der Waals surface area (Å²) in [6.45, 7) is 4.29. The molecule has 7 aromatic carbocycles. The Bertz CT molecular complexity index is 2560. The minimum Gasteiger partial charge on any atom is -0.311 e. The molecule has 0 aliphatic rings. The van der Waals surface area contributed by atoms with E-state index in [2.05, 4.69) is 186 Å². The van der Waals surface area contributed by atoms with Crippen LogP contribution in [-0.4, -0.2) is 19.3 Å². The summed E-state index contributed by atoms with van der Waals surface area (Å²) in [4.78, 5) is 2.30. The molecule has 2 aromatic heterocycles. The van der Waals surface area contributed by atoms with Gasteiger partial charge in [0.1, 0.15) is 0 Å². The number of aryl methyl sites for hydroxylation is 2. The van der Waals surface area contributed by atoms with Gasteiger partial charge in [-0.15, -0.1) is 10.2 Å². The lowest BCUT2D eigenvalue weighted by atomic mass is 10.1. The third kappa shape index (κ3) is 5.27. The molecule has 9 aromatic rings. The van der Waals surface area contributed by atoms with Gasteiger partial charge in [-0.2, -0.15) is 0 Å². The van der Waals surface area contributed by atoms with Gasteiger partial charge in [-0.25, -0.2) is 0 Å². The summed E-state index contributed by atoms with van der Waals surface area (Å²) < 4.78 is 4.56. The van der Waals surface area contributed by atoms with Crippen LogP contribution in [-0.2, 0) is 0 Å². The average Bonchev–Trinajstić information content (AvgIpc) is 3.76. The van der Waals surface area contributed by atoms with E-state index in [1.54, 1.807) is 0 Å². The molecule has 0 fully saturated rings. The second-order valence-electron chi connectivity index (χ2n) is 12.9. The number of hydrogen-bond donors (Lipinski definition) is 0. The first-order valence-electron chi connectivity index (χ1n) is 17.3. The Hall–Kier alpha value is -6.72. The van der Waals surface area contributed by atoms with E-state index in [0.717, 1.165) is 51.2 Å². The van der Waals surface area contributed by atoms with E-state index in [-0.39, 0.29) is 0 Å². The van der Waals surface area contributed by atoms with Crippen molar-refractivity contribution >= 4 is 38.9 Å². The van der Waals surface area contributed by atoms with E-state index in [4.69, 9.17) is 10.2 Å². The first-order valence-corrected chi connectivity index (χ1v) is 17.3. The van der Waals surface area contributed by atoms with Crippen molar-refractivity contribution in [3.8, 4) is 34.2 Å². The van der Waals surface area contributed by atoms with Crippen LogP contribution in [0.2, 0.25) is 0 Å². The van der Waals surface area contributed by atoms with Gasteiger partial charge in [0.2, 0.25) is 0 Å². The van der Waals surface area contributed by atoms with Crippen LogP contribution in [0.4, 0.5) is 17.1 Å². The second kappa shape index (κ2) is 12.6. The van der Waals surface area contributed by atoms with Crippen LogP contribution in [0.3, 0.4) is 0 Å². The lowest BCUT2D eigenvalue weighted by molar-refractivity contribution is 1.04. The fraction of sp³-hybridized carbons (Fsp3) is 0.0435. The Morgan fingerprint density at radius 1 is 0.392 bits per heavy atom. The molecule has 0 saturated carbocycles. The average molecular weight is 658 g/mol. The minimum absolute atomic E-state index is 0.805. The highest BCUT2D eigenvalue weighted by Gasteiger charge is 2.21. The number of hydrogen-bond acceptors (Lipinski definition) is 3. The predicted molar refractivity (Wildman–Crippen MR) is 211 cm³/mol. The van der Waals surface area contributed by atoms with Crippen molar-refractivity contribution in [1.82, 2.24) is 19.3 Å². The van der Waals surface area contributed by atoms with E-state index in [0.29, 0.717) is 0 Å². The number of nitrogens with zero attached hydrogens (tertiary/aromatic N) is 5. The van der Waals surface area contributed by atoms with Gasteiger partial charge in [0.05, 0.1) is 16.7 Å². The lowest BCUT2D eigenvalue weighted by Crippen LogP contribution is -2.10. The summed E-state index contributed by atoms with van der Waals surface area (Å²) in [7, 11) is 0. The number of benzene rings is 7. The quantitative estimate of drug-likeness (QED) is 0.171. The van der Waals surface area contributed by atoms with Gasteiger partial charge in [0, 0.05) is 44.6 Å². The number of anilines is 3. The van der Waals surface area contributed by atoms with Crippen molar-refractivity contribution in [1.29, 1.82) is 0 Å². The maximum Gasteiger partial charge on any atom is 0.168 e. The van der Waals surface area contributed by atoms with Gasteiger partial charge in [0.25, 0.3) is 0 Å². The van der Waals surface area contributed by atoms with Crippen molar-refractivity contribution in [2.45, 2.75) is 13.8 Å². The Labute approximate surface area is 297 Å². The molecule has 0 unspecified atom stereocenters. The van der Waals surface area contributed by atoms with Crippen molar-refractivity contribution in [2.75, 3.05) is 4.90 Å². The van der Waals surface area contributed by atoms with Gasteiger partial charge in [-0.05, 0) is 97.8 Å². The van der Waals surface area contributed by atoms with Crippen LogP contribution in [0.25, 0.3) is 56.0 Å². The standard InChI is InChI=1S/C46H35N5/c1-32-14-13-15-33(2)44(32)51-45(34-16-5-3-6-17-34)47-48-46(51)35-24-26-37(27-25-35)49(36-18-7-4-8-19-36)38-28-30-39(31-29-38)50-42-22-11-9-20-40(42)41-21-10-12-23-43(41)50/h3-31H,1-2H3. The first-order chi connectivity index (χ1) is 25.2. The molecule has 0 radical (unpaired) electrons. The Morgan fingerprint density at radius 3 is 1.41 bits per heavy atom. The molecule has 9 rings (SSSR count). The molecule has 0 aliphatic heterocycles. The van der Waals surface area contributed by atoms with E-state index in [9.17, 15) is 0 Å². The van der Waals surface area contributed by atoms with Crippen molar-refractivity contribution < 1.29 is 0 Å². The predicted octanol–water partition coefficient (Wildman–Crippen LogP) is 11.8. The van der Waals surface area contributed by atoms with Crippen LogP contribution < -0.4 is 4.90 Å². The largest absolute Gasteiger partial charge is 0.311 e. The summed E-state index contributed by atoms with van der Waals surface area (Å²) in [6.07, 6.45) is 0. The van der Waals surface area contributed by atoms with Crippen molar-refractivity contribution in [3.63, 3.8) is 0 Å². The van der Waals surface area contributed by atoms with Gasteiger partial charge < -0.3 is 9.47 Å². The van der Waals surface area contributed by atoms with E-state index in [1.807, 2.05) is 18.2 Å². The SMILES string of the molecule is Cc1cccc(C)c1-n1c(-c2ccccc2)nnc1-c1ccc(N(c2ccccc2)c2ccc(-n3c4ccccc4c4ccccc43)cc2)cc1. The number of fused-ring (bicyclic) bond motifs is 3. The first kappa shape index (κ1) is 30.3. The number of aromatic nitrogens is 4. The van der Waals surface area contributed by atoms with Crippen molar-refractivity contribution in [3.05, 3.63) is 187 Å². The van der Waals surface area contributed by atoms with Gasteiger partial charge in [-0.1, -0.05) is 103 Å². The zero-order valence-corrected chi connectivity index (χ0v) is 28.5. The third-order valence-electron chi connectivity index (χ3n) is 9.70. The molecule has 244 valence electrons. The Morgan fingerprint density at radius 2 is 0.843 bits per heavy atom. The molecule has 0 bridgehead atoms. The van der Waals surface area contributed by atoms with Gasteiger partial charge >= 0.3 is 0 Å². The van der Waals surface area contributed by atoms with Crippen LogP contribution in [0, 0.1) is 13.8 Å². The fourth-order valence-electron chi connectivity index (χ4n) is 7.35. The molecule has 0 saturated heterocycles. The summed E-state index contributed by atoms with van der Waals surface area (Å²) in [5.74, 6) is 1.63. The van der Waals surface area contributed by atoms with Crippen LogP contribution in [0.15, 0.2) is 176 Å². The molecule has 5 heteroatoms. The van der Waals surface area contributed by atoms with Crippen LogP contribution in [0.1, 0.15) is 11.1 Å². The molecule has 0 atom stereocenters. The number of para-hydroxylation sites is 4. The molecule has 0 amide bonds. The summed E-state index contributed by atoms with van der Waals surface area (Å²) in [6, 6.07) is 62.0. The summed E-state index contributed by atoms with van der Waals surface area (Å²) in [5.41, 5.74) is 12.2. The summed E-state index contributed by atoms with van der Waals surface area (Å²) >= 11 is 0. The fourth-order valence-corrected chi connectivity index (χ4v) is 7.35. The molecular weight excluding hydrogens is 623 g/mol. The lowest BCUT2D eigenvalue weighted by Gasteiger charge is -2.26. The third-order valence-corrected chi connectivity index (χ3v) is 9.70. The molecule has 2 heterocycles. The maximum absolute atomic E-state index is 4.79. The Balaban J connectivity index is 1.13. The molecule has 0 aliphatic carbocycles. The topological polar surface area (TPSA) is 38.9 Å². The zero-order chi connectivity index (χ0) is 34.3.